The van der Waals surface area contributed by atoms with Crippen LogP contribution in [0.3, 0.4) is 0 Å². The van der Waals surface area contributed by atoms with Crippen LogP contribution >= 0.6 is 0 Å². The highest BCUT2D eigenvalue weighted by Gasteiger charge is 2.87. The Kier molecular flexibility index (Phi) is 7.31. The molecule has 6 heteroatoms. The quantitative estimate of drug-likeness (QED) is 0.250. The monoisotopic (exact) mass is 655 g/mol. The Labute approximate surface area is 287 Å². The number of H-pyrrole nitrogens is 1. The number of aromatic amines is 1. The summed E-state index contributed by atoms with van der Waals surface area (Å²) in [6, 6.07) is 4.64. The van der Waals surface area contributed by atoms with E-state index in [-0.39, 0.29) is 29.8 Å². The lowest BCUT2D eigenvalue weighted by Crippen LogP contribution is -2.77. The van der Waals surface area contributed by atoms with Gasteiger partial charge in [-0.2, -0.15) is 0 Å². The first-order valence-corrected chi connectivity index (χ1v) is 18.5. The Morgan fingerprint density at radius 2 is 1.60 bits per heavy atom. The fourth-order valence-corrected chi connectivity index (χ4v) is 11.3. The number of aliphatic hydroxyl groups is 1. The molecule has 3 aliphatic carbocycles. The van der Waals surface area contributed by atoms with Crippen molar-refractivity contribution >= 4 is 10.9 Å². The summed E-state index contributed by atoms with van der Waals surface area (Å²) < 4.78 is 26.9. The zero-order valence-corrected chi connectivity index (χ0v) is 30.9. The van der Waals surface area contributed by atoms with Crippen molar-refractivity contribution in [3.8, 4) is 0 Å². The van der Waals surface area contributed by atoms with E-state index in [1.54, 1.807) is 0 Å². The van der Waals surface area contributed by atoms with Crippen LogP contribution in [0.15, 0.2) is 47.1 Å². The molecular formula is C42H57NO5. The van der Waals surface area contributed by atoms with Crippen molar-refractivity contribution in [2.75, 3.05) is 0 Å². The first-order valence-electron chi connectivity index (χ1n) is 18.5. The molecule has 3 saturated heterocycles. The second-order valence-electron chi connectivity index (χ2n) is 17.8. The number of allylic oxidation sites excluding steroid dienone is 5. The van der Waals surface area contributed by atoms with Gasteiger partial charge in [-0.25, -0.2) is 0 Å². The maximum absolute atomic E-state index is 13.4. The topological polar surface area (TPSA) is 76.2 Å². The summed E-state index contributed by atoms with van der Waals surface area (Å²) in [6.07, 6.45) is 11.7. The Morgan fingerprint density at radius 3 is 2.31 bits per heavy atom. The molecule has 6 nitrogen and oxygen atoms in total. The molecule has 0 unspecified atom stereocenters. The van der Waals surface area contributed by atoms with Gasteiger partial charge >= 0.3 is 0 Å². The number of hydrogen-bond donors (Lipinski definition) is 2. The fourth-order valence-electron chi connectivity index (χ4n) is 11.3. The Hall–Kier alpha value is -2.22. The summed E-state index contributed by atoms with van der Waals surface area (Å²) >= 11 is 0. The molecule has 4 heterocycles. The molecule has 0 amide bonds. The zero-order valence-electron chi connectivity index (χ0n) is 30.9. The number of benzene rings is 1. The predicted octanol–water partition coefficient (Wildman–Crippen LogP) is 8.33. The zero-order chi connectivity index (χ0) is 34.2. The number of hydrogen-bond acceptors (Lipinski definition) is 5. The van der Waals surface area contributed by atoms with Crippen molar-refractivity contribution in [2.24, 2.45) is 11.3 Å². The van der Waals surface area contributed by atoms with Crippen LogP contribution in [0.5, 0.6) is 0 Å². The van der Waals surface area contributed by atoms with E-state index in [2.05, 4.69) is 98.5 Å². The lowest BCUT2D eigenvalue weighted by molar-refractivity contribution is -0.343. The highest BCUT2D eigenvalue weighted by atomic mass is 16.8. The molecule has 0 radical (unpaired) electrons. The average Bonchev–Trinajstić information content (AvgIpc) is 3.57. The van der Waals surface area contributed by atoms with Gasteiger partial charge in [0.25, 0.3) is 0 Å². The molecular weight excluding hydrogens is 598 g/mol. The van der Waals surface area contributed by atoms with Crippen molar-refractivity contribution in [3.05, 3.63) is 69.5 Å². The van der Waals surface area contributed by atoms with E-state index in [0.29, 0.717) is 12.3 Å². The standard InChI is InChI=1S/C42H57NO5/c1-23(2)11-13-26-14-16-30-33(28(26)15-12-24(3)4)29-22-27-17-20-41(44)39(9,40(27,10)35(29)43-30)19-18-31-42(41)37(48-42)34-36(45-31)38(7,8)47-32(46-34)21-25(5)6/h11-12,14,16,21,27,31-32,34,36-37,43-44H,13,15,17-20,22H2,1-10H3/t27-,31-,32-,34+,36-,37+,39+,40+,41-,42-/m0/s1. The van der Waals surface area contributed by atoms with Gasteiger partial charge in [0.1, 0.15) is 23.9 Å². The van der Waals surface area contributed by atoms with E-state index in [9.17, 15) is 5.11 Å². The maximum atomic E-state index is 13.4. The fraction of sp³-hybridized carbons (Fsp3) is 0.667. The molecule has 1 aromatic carbocycles. The highest BCUT2D eigenvalue weighted by Crippen LogP contribution is 2.75. The summed E-state index contributed by atoms with van der Waals surface area (Å²) in [5, 5.41) is 14.8. The second-order valence-corrected chi connectivity index (χ2v) is 17.8. The highest BCUT2D eigenvalue weighted by molar-refractivity contribution is 5.90. The van der Waals surface area contributed by atoms with Gasteiger partial charge in [0.15, 0.2) is 11.9 Å². The van der Waals surface area contributed by atoms with Crippen molar-refractivity contribution in [3.63, 3.8) is 0 Å². The largest absolute Gasteiger partial charge is 0.386 e. The normalized spacial score (nSPS) is 41.6. The van der Waals surface area contributed by atoms with Crippen LogP contribution in [0.25, 0.3) is 10.9 Å². The molecule has 48 heavy (non-hydrogen) atoms. The molecule has 10 atom stereocenters. The molecule has 8 rings (SSSR count). The van der Waals surface area contributed by atoms with Gasteiger partial charge in [-0.05, 0) is 135 Å². The number of fused-ring (bicyclic) bond motifs is 9. The molecule has 3 aliphatic heterocycles. The van der Waals surface area contributed by atoms with E-state index in [1.807, 2.05) is 6.08 Å². The predicted molar refractivity (Wildman–Crippen MR) is 190 cm³/mol. The van der Waals surface area contributed by atoms with Crippen LogP contribution in [-0.2, 0) is 43.6 Å². The van der Waals surface area contributed by atoms with Crippen LogP contribution in [0.1, 0.15) is 117 Å². The van der Waals surface area contributed by atoms with E-state index < -0.39 is 28.5 Å². The summed E-state index contributed by atoms with van der Waals surface area (Å²) in [6.45, 7) is 22.0. The minimum Gasteiger partial charge on any atom is -0.386 e. The third-order valence-electron chi connectivity index (χ3n) is 13.9. The molecule has 6 aliphatic rings. The number of nitrogens with one attached hydrogen (secondary N) is 1. The summed E-state index contributed by atoms with van der Waals surface area (Å²) in [4.78, 5) is 4.02. The van der Waals surface area contributed by atoms with Gasteiger partial charge in [-0.1, -0.05) is 48.8 Å². The lowest BCUT2D eigenvalue weighted by atomic mass is 9.40. The van der Waals surface area contributed by atoms with Gasteiger partial charge in [-0.3, -0.25) is 0 Å². The molecule has 0 bridgehead atoms. The van der Waals surface area contributed by atoms with E-state index in [0.717, 1.165) is 44.1 Å². The van der Waals surface area contributed by atoms with Gasteiger partial charge in [0.2, 0.25) is 0 Å². The second kappa shape index (κ2) is 10.6. The molecule has 1 spiro atoms. The number of aromatic nitrogens is 1. The lowest BCUT2D eigenvalue weighted by Gasteiger charge is -2.66. The van der Waals surface area contributed by atoms with Crippen LogP contribution in [0, 0.1) is 11.3 Å². The van der Waals surface area contributed by atoms with Gasteiger partial charge in [-0.15, -0.1) is 0 Å². The number of ether oxygens (including phenoxy) is 4. The number of rotatable bonds is 5. The summed E-state index contributed by atoms with van der Waals surface area (Å²) in [5.41, 5.74) is 7.74. The Balaban J connectivity index is 1.22. The SMILES string of the molecule is CC(C)=CCc1ccc2[nH]c3c(c2c1CC=C(C)C)C[C@@H]1CC[C@@]2(O)[C@@]45O[C@@H]4[C@@H]4O[C@H](C=C(C)C)OC(C)(C)[C@H]4O[C@H]5CC[C@]2(C)[C@@]31C. The molecule has 2 saturated carbocycles. The van der Waals surface area contributed by atoms with Crippen LogP contribution in [0.2, 0.25) is 0 Å². The van der Waals surface area contributed by atoms with E-state index >= 15 is 0 Å². The van der Waals surface area contributed by atoms with Crippen LogP contribution in [-0.4, -0.2) is 57.6 Å². The van der Waals surface area contributed by atoms with E-state index in [4.69, 9.17) is 18.9 Å². The third-order valence-corrected chi connectivity index (χ3v) is 13.9. The molecule has 2 aromatic rings. The van der Waals surface area contributed by atoms with Crippen molar-refractivity contribution < 1.29 is 24.1 Å². The molecule has 260 valence electrons. The van der Waals surface area contributed by atoms with Crippen LogP contribution < -0.4 is 0 Å². The molecule has 2 N–H and O–H groups in total. The Bertz CT molecular complexity index is 1750. The Morgan fingerprint density at radius 1 is 0.875 bits per heavy atom. The average molecular weight is 656 g/mol. The number of epoxide rings is 1. The van der Waals surface area contributed by atoms with Gasteiger partial charge in [0.05, 0.1) is 11.7 Å². The summed E-state index contributed by atoms with van der Waals surface area (Å²) in [5.74, 6) is 0.453. The smallest absolute Gasteiger partial charge is 0.178 e. The summed E-state index contributed by atoms with van der Waals surface area (Å²) in [7, 11) is 0. The van der Waals surface area contributed by atoms with Gasteiger partial charge in [0, 0.05) is 27.4 Å². The minimum atomic E-state index is -1.06. The van der Waals surface area contributed by atoms with E-state index in [1.165, 1.54) is 44.4 Å². The molecule has 5 fully saturated rings. The van der Waals surface area contributed by atoms with Crippen molar-refractivity contribution in [1.29, 1.82) is 0 Å². The van der Waals surface area contributed by atoms with Gasteiger partial charge < -0.3 is 29.0 Å². The molecule has 1 aromatic heterocycles. The third kappa shape index (κ3) is 4.22. The first kappa shape index (κ1) is 33.0. The van der Waals surface area contributed by atoms with Crippen LogP contribution in [0.4, 0.5) is 0 Å². The van der Waals surface area contributed by atoms with Crippen molar-refractivity contribution in [1.82, 2.24) is 4.98 Å². The maximum Gasteiger partial charge on any atom is 0.178 e. The van der Waals surface area contributed by atoms with Crippen molar-refractivity contribution in [2.45, 2.75) is 167 Å². The minimum absolute atomic E-state index is 0.189. The first-order chi connectivity index (χ1) is 22.6.